The molecule has 3 rings (SSSR count). The lowest BCUT2D eigenvalue weighted by Gasteiger charge is -2.44. The summed E-state index contributed by atoms with van der Waals surface area (Å²) in [6.45, 7) is 10.3. The topological polar surface area (TPSA) is 6.48 Å². The van der Waals surface area contributed by atoms with Gasteiger partial charge in [0.1, 0.15) is 0 Å². The zero-order chi connectivity index (χ0) is 12.5. The average Bonchev–Trinajstić information content (AvgIpc) is 2.76. The molecular weight excluding hydrogens is 220 g/mol. The molecule has 0 bridgehead atoms. The fourth-order valence-corrected chi connectivity index (χ4v) is 4.56. The van der Waals surface area contributed by atoms with Crippen LogP contribution in [-0.4, -0.2) is 48.1 Å². The Labute approximate surface area is 113 Å². The molecule has 0 N–H and O–H groups in total. The summed E-state index contributed by atoms with van der Waals surface area (Å²) in [5.41, 5.74) is 0. The quantitative estimate of drug-likeness (QED) is 0.743. The van der Waals surface area contributed by atoms with Crippen LogP contribution < -0.4 is 0 Å². The maximum atomic E-state index is 2.81. The van der Waals surface area contributed by atoms with E-state index in [1.165, 1.54) is 64.7 Å². The first-order chi connectivity index (χ1) is 8.72. The molecule has 2 nitrogen and oxygen atoms in total. The minimum absolute atomic E-state index is 0.789. The third-order valence-electron chi connectivity index (χ3n) is 5.60. The summed E-state index contributed by atoms with van der Waals surface area (Å²) >= 11 is 0. The van der Waals surface area contributed by atoms with Crippen LogP contribution in [0.1, 0.15) is 52.4 Å². The summed E-state index contributed by atoms with van der Waals surface area (Å²) in [6.07, 6.45) is 8.81. The molecule has 0 amide bonds. The van der Waals surface area contributed by atoms with E-state index in [2.05, 4.69) is 23.6 Å². The fourth-order valence-electron chi connectivity index (χ4n) is 4.56. The lowest BCUT2D eigenvalue weighted by atomic mass is 9.82. The van der Waals surface area contributed by atoms with Crippen LogP contribution >= 0.6 is 0 Å². The maximum Gasteiger partial charge on any atom is 0.0224 e. The maximum absolute atomic E-state index is 2.81. The largest absolute Gasteiger partial charge is 0.298 e. The van der Waals surface area contributed by atoms with Crippen molar-refractivity contribution in [2.75, 3.05) is 26.2 Å². The monoisotopic (exact) mass is 250 g/mol. The van der Waals surface area contributed by atoms with E-state index in [1.54, 1.807) is 0 Å². The van der Waals surface area contributed by atoms with E-state index < -0.39 is 0 Å². The van der Waals surface area contributed by atoms with Crippen LogP contribution in [0.5, 0.6) is 0 Å². The minimum Gasteiger partial charge on any atom is -0.298 e. The predicted octanol–water partition coefficient (Wildman–Crippen LogP) is 2.98. The molecule has 0 aromatic rings. The summed E-state index contributed by atoms with van der Waals surface area (Å²) < 4.78 is 0. The van der Waals surface area contributed by atoms with Gasteiger partial charge in [-0.1, -0.05) is 19.8 Å². The van der Waals surface area contributed by atoms with E-state index in [0.29, 0.717) is 0 Å². The number of hydrogen-bond donors (Lipinski definition) is 0. The number of fused-ring (bicyclic) bond motifs is 1. The van der Waals surface area contributed by atoms with Crippen molar-refractivity contribution in [1.29, 1.82) is 0 Å². The van der Waals surface area contributed by atoms with Crippen molar-refractivity contribution in [3.8, 4) is 0 Å². The van der Waals surface area contributed by atoms with Crippen molar-refractivity contribution in [3.05, 3.63) is 0 Å². The van der Waals surface area contributed by atoms with E-state index in [-0.39, 0.29) is 0 Å². The van der Waals surface area contributed by atoms with Gasteiger partial charge in [0.15, 0.2) is 0 Å². The van der Waals surface area contributed by atoms with E-state index in [0.717, 1.165) is 23.9 Å². The first-order valence-electron chi connectivity index (χ1n) is 8.20. The van der Waals surface area contributed by atoms with Gasteiger partial charge in [0, 0.05) is 31.7 Å². The predicted molar refractivity (Wildman–Crippen MR) is 76.8 cm³/mol. The Hall–Kier alpha value is -0.0800. The smallest absolute Gasteiger partial charge is 0.0224 e. The standard InChI is InChI=1S/C16H30N2/c1-13-5-3-6-15(9-13)11-18-12-16-7-4-8-17(16)10-14(18)2/h13-16H,3-12H2,1-2H3. The van der Waals surface area contributed by atoms with Crippen molar-refractivity contribution in [2.24, 2.45) is 11.8 Å². The Kier molecular flexibility index (Phi) is 3.95. The van der Waals surface area contributed by atoms with Crippen LogP contribution in [0.25, 0.3) is 0 Å². The lowest BCUT2D eigenvalue weighted by Crippen LogP contribution is -2.56. The van der Waals surface area contributed by atoms with Crippen LogP contribution in [0.4, 0.5) is 0 Å². The molecule has 18 heavy (non-hydrogen) atoms. The minimum atomic E-state index is 0.789. The molecule has 4 atom stereocenters. The molecule has 3 fully saturated rings. The van der Waals surface area contributed by atoms with Crippen LogP contribution in [0.2, 0.25) is 0 Å². The van der Waals surface area contributed by atoms with Gasteiger partial charge in [-0.05, 0) is 51.0 Å². The first kappa shape index (κ1) is 12.9. The fraction of sp³-hybridized carbons (Fsp3) is 1.00. The SMILES string of the molecule is CC1CCCC(CN2CC3CCCN3CC2C)C1. The van der Waals surface area contributed by atoms with Gasteiger partial charge in [-0.25, -0.2) is 0 Å². The highest BCUT2D eigenvalue weighted by Crippen LogP contribution is 2.31. The Morgan fingerprint density at radius 3 is 2.72 bits per heavy atom. The molecule has 0 spiro atoms. The summed E-state index contributed by atoms with van der Waals surface area (Å²) in [7, 11) is 0. The second-order valence-corrected chi connectivity index (χ2v) is 7.23. The van der Waals surface area contributed by atoms with Gasteiger partial charge in [0.25, 0.3) is 0 Å². The number of nitrogens with zero attached hydrogens (tertiary/aromatic N) is 2. The molecule has 2 heteroatoms. The van der Waals surface area contributed by atoms with Crippen molar-refractivity contribution < 1.29 is 0 Å². The van der Waals surface area contributed by atoms with Gasteiger partial charge in [0.2, 0.25) is 0 Å². The zero-order valence-electron chi connectivity index (χ0n) is 12.3. The van der Waals surface area contributed by atoms with Gasteiger partial charge in [-0.2, -0.15) is 0 Å². The third kappa shape index (κ3) is 2.75. The number of piperazine rings is 1. The Balaban J connectivity index is 1.55. The molecular formula is C16H30N2. The molecule has 0 aromatic carbocycles. The van der Waals surface area contributed by atoms with Gasteiger partial charge in [-0.15, -0.1) is 0 Å². The molecule has 0 radical (unpaired) electrons. The molecule has 2 saturated heterocycles. The number of rotatable bonds is 2. The van der Waals surface area contributed by atoms with Crippen LogP contribution in [-0.2, 0) is 0 Å². The van der Waals surface area contributed by atoms with Gasteiger partial charge < -0.3 is 0 Å². The van der Waals surface area contributed by atoms with Gasteiger partial charge in [-0.3, -0.25) is 9.80 Å². The van der Waals surface area contributed by atoms with E-state index in [4.69, 9.17) is 0 Å². The zero-order valence-corrected chi connectivity index (χ0v) is 12.3. The summed E-state index contributed by atoms with van der Waals surface area (Å²) in [4.78, 5) is 5.56. The van der Waals surface area contributed by atoms with Crippen molar-refractivity contribution >= 4 is 0 Å². The molecule has 0 aromatic heterocycles. The van der Waals surface area contributed by atoms with E-state index >= 15 is 0 Å². The summed E-state index contributed by atoms with van der Waals surface area (Å²) in [5, 5.41) is 0. The highest BCUT2D eigenvalue weighted by molar-refractivity contribution is 4.91. The van der Waals surface area contributed by atoms with E-state index in [1.807, 2.05) is 0 Å². The Morgan fingerprint density at radius 1 is 1.00 bits per heavy atom. The Morgan fingerprint density at radius 2 is 1.89 bits per heavy atom. The Bertz CT molecular complexity index is 278. The second-order valence-electron chi connectivity index (χ2n) is 7.23. The molecule has 2 aliphatic heterocycles. The van der Waals surface area contributed by atoms with E-state index in [9.17, 15) is 0 Å². The highest BCUT2D eigenvalue weighted by atomic mass is 15.3. The first-order valence-corrected chi connectivity index (χ1v) is 8.20. The molecule has 3 aliphatic rings. The summed E-state index contributed by atoms with van der Waals surface area (Å²) in [6, 6.07) is 1.68. The number of hydrogen-bond acceptors (Lipinski definition) is 2. The van der Waals surface area contributed by atoms with Crippen molar-refractivity contribution in [2.45, 2.75) is 64.5 Å². The summed E-state index contributed by atoms with van der Waals surface area (Å²) in [5.74, 6) is 1.97. The highest BCUT2D eigenvalue weighted by Gasteiger charge is 2.35. The second kappa shape index (κ2) is 5.50. The van der Waals surface area contributed by atoms with Crippen LogP contribution in [0.3, 0.4) is 0 Å². The van der Waals surface area contributed by atoms with Crippen LogP contribution in [0.15, 0.2) is 0 Å². The molecule has 1 aliphatic carbocycles. The average molecular weight is 250 g/mol. The van der Waals surface area contributed by atoms with Gasteiger partial charge >= 0.3 is 0 Å². The third-order valence-corrected chi connectivity index (χ3v) is 5.60. The van der Waals surface area contributed by atoms with Crippen molar-refractivity contribution in [1.82, 2.24) is 9.80 Å². The molecule has 104 valence electrons. The van der Waals surface area contributed by atoms with Crippen molar-refractivity contribution in [3.63, 3.8) is 0 Å². The molecule has 2 heterocycles. The normalized spacial score (nSPS) is 43.0. The molecule has 4 unspecified atom stereocenters. The van der Waals surface area contributed by atoms with Crippen LogP contribution in [0, 0.1) is 11.8 Å². The van der Waals surface area contributed by atoms with Gasteiger partial charge in [0.05, 0.1) is 0 Å². The lowest BCUT2D eigenvalue weighted by molar-refractivity contribution is 0.0405. The molecule has 1 saturated carbocycles.